The number of carbonyl (C=O) groups excluding carboxylic acids is 1. The van der Waals surface area contributed by atoms with E-state index in [0.29, 0.717) is 37.7 Å². The van der Waals surface area contributed by atoms with Crippen LogP contribution in [-0.4, -0.2) is 56.0 Å². The maximum Gasteiger partial charge on any atom is 0.357 e. The van der Waals surface area contributed by atoms with E-state index in [9.17, 15) is 4.79 Å². The summed E-state index contributed by atoms with van der Waals surface area (Å²) in [6, 6.07) is 5.48. The molecule has 0 atom stereocenters. The molecule has 24 heavy (non-hydrogen) atoms. The Morgan fingerprint density at radius 3 is 2.88 bits per heavy atom. The van der Waals surface area contributed by atoms with E-state index in [1.54, 1.807) is 14.0 Å². The SMILES string of the molecule is CCOC(=O)c1[nH]c2ccc(OC)cc2c1N=NN1CCOCC1. The monoisotopic (exact) mass is 332 g/mol. The molecule has 2 aromatic rings. The van der Waals surface area contributed by atoms with Gasteiger partial charge >= 0.3 is 5.97 Å². The minimum Gasteiger partial charge on any atom is -0.497 e. The van der Waals surface area contributed by atoms with Crippen LogP contribution in [0, 0.1) is 0 Å². The van der Waals surface area contributed by atoms with Crippen LogP contribution < -0.4 is 4.74 Å². The zero-order valence-electron chi connectivity index (χ0n) is 13.7. The van der Waals surface area contributed by atoms with Gasteiger partial charge in [-0.1, -0.05) is 5.22 Å². The van der Waals surface area contributed by atoms with Gasteiger partial charge < -0.3 is 19.2 Å². The molecule has 128 valence electrons. The van der Waals surface area contributed by atoms with Crippen LogP contribution in [0.1, 0.15) is 17.4 Å². The van der Waals surface area contributed by atoms with Gasteiger partial charge in [-0.25, -0.2) is 4.79 Å². The van der Waals surface area contributed by atoms with Gasteiger partial charge in [0.1, 0.15) is 11.4 Å². The fourth-order valence-corrected chi connectivity index (χ4v) is 2.49. The standard InChI is InChI=1S/C16H20N4O4/c1-3-24-16(21)15-14(18-19-20-6-8-23-9-7-20)12-10-11(22-2)4-5-13(12)17-15/h4-5,10,17H,3,6-9H2,1-2H3. The maximum atomic E-state index is 12.2. The molecule has 0 saturated carbocycles. The van der Waals surface area contributed by atoms with Gasteiger partial charge in [-0.2, -0.15) is 0 Å². The zero-order valence-corrected chi connectivity index (χ0v) is 13.7. The number of ether oxygens (including phenoxy) is 3. The normalized spacial score (nSPS) is 15.2. The molecule has 1 aromatic carbocycles. The Balaban J connectivity index is 2.01. The van der Waals surface area contributed by atoms with Crippen molar-refractivity contribution in [1.29, 1.82) is 0 Å². The third-order valence-corrected chi connectivity index (χ3v) is 3.72. The number of fused-ring (bicyclic) bond motifs is 1. The van der Waals surface area contributed by atoms with Crippen molar-refractivity contribution < 1.29 is 19.0 Å². The number of morpholine rings is 1. The van der Waals surface area contributed by atoms with Crippen molar-refractivity contribution in [1.82, 2.24) is 9.99 Å². The lowest BCUT2D eigenvalue weighted by Crippen LogP contribution is -2.31. The number of hydrogen-bond acceptors (Lipinski definition) is 6. The molecule has 0 aliphatic carbocycles. The van der Waals surface area contributed by atoms with Crippen molar-refractivity contribution >= 4 is 22.6 Å². The van der Waals surface area contributed by atoms with E-state index >= 15 is 0 Å². The second-order valence-electron chi connectivity index (χ2n) is 5.24. The average Bonchev–Trinajstić information content (AvgIpc) is 2.98. The highest BCUT2D eigenvalue weighted by Crippen LogP contribution is 2.34. The first-order valence-electron chi connectivity index (χ1n) is 7.84. The Kier molecular flexibility index (Phi) is 4.95. The summed E-state index contributed by atoms with van der Waals surface area (Å²) in [4.78, 5) is 15.3. The number of carbonyl (C=O) groups is 1. The van der Waals surface area contributed by atoms with Gasteiger partial charge in [-0.15, -0.1) is 5.11 Å². The quantitative estimate of drug-likeness (QED) is 0.672. The molecule has 0 bridgehead atoms. The first-order chi connectivity index (χ1) is 11.7. The van der Waals surface area contributed by atoms with E-state index in [4.69, 9.17) is 14.2 Å². The van der Waals surface area contributed by atoms with E-state index in [2.05, 4.69) is 15.3 Å². The molecule has 0 spiro atoms. The van der Waals surface area contributed by atoms with Crippen molar-refractivity contribution in [2.45, 2.75) is 6.92 Å². The lowest BCUT2D eigenvalue weighted by atomic mass is 10.2. The Hall–Kier alpha value is -2.61. The predicted octanol–water partition coefficient (Wildman–Crippen LogP) is 2.68. The van der Waals surface area contributed by atoms with Gasteiger partial charge in [0.15, 0.2) is 5.69 Å². The zero-order chi connectivity index (χ0) is 16.9. The maximum absolute atomic E-state index is 12.2. The molecular formula is C16H20N4O4. The lowest BCUT2D eigenvalue weighted by Gasteiger charge is -2.22. The summed E-state index contributed by atoms with van der Waals surface area (Å²) in [7, 11) is 1.59. The minimum atomic E-state index is -0.455. The van der Waals surface area contributed by atoms with Gasteiger partial charge in [0.05, 0.1) is 40.0 Å². The van der Waals surface area contributed by atoms with Gasteiger partial charge in [0.2, 0.25) is 0 Å². The highest BCUT2D eigenvalue weighted by atomic mass is 16.5. The number of methoxy groups -OCH3 is 1. The minimum absolute atomic E-state index is 0.289. The summed E-state index contributed by atoms with van der Waals surface area (Å²) in [6.07, 6.45) is 0. The fourth-order valence-electron chi connectivity index (χ4n) is 2.49. The van der Waals surface area contributed by atoms with E-state index in [0.717, 1.165) is 10.9 Å². The lowest BCUT2D eigenvalue weighted by molar-refractivity contribution is 0.0353. The smallest absolute Gasteiger partial charge is 0.357 e. The summed E-state index contributed by atoms with van der Waals surface area (Å²) < 4.78 is 15.7. The number of hydrogen-bond donors (Lipinski definition) is 1. The van der Waals surface area contributed by atoms with Crippen molar-refractivity contribution in [3.63, 3.8) is 0 Å². The number of esters is 1. The number of H-pyrrole nitrogens is 1. The van der Waals surface area contributed by atoms with E-state index in [1.807, 2.05) is 23.2 Å². The molecule has 2 heterocycles. The topological polar surface area (TPSA) is 88.5 Å². The summed E-state index contributed by atoms with van der Waals surface area (Å²) in [5.41, 5.74) is 1.51. The van der Waals surface area contributed by atoms with Gasteiger partial charge in [0.25, 0.3) is 0 Å². The molecular weight excluding hydrogens is 312 g/mol. The molecule has 0 amide bonds. The van der Waals surface area contributed by atoms with Crippen LogP contribution in [0.25, 0.3) is 10.9 Å². The number of rotatable bonds is 5. The molecule has 0 radical (unpaired) electrons. The highest BCUT2D eigenvalue weighted by molar-refractivity contribution is 6.05. The molecule has 1 aromatic heterocycles. The third-order valence-electron chi connectivity index (χ3n) is 3.72. The highest BCUT2D eigenvalue weighted by Gasteiger charge is 2.20. The summed E-state index contributed by atoms with van der Waals surface area (Å²) in [5.74, 6) is 0.225. The van der Waals surface area contributed by atoms with Crippen molar-refractivity contribution in [3.05, 3.63) is 23.9 Å². The van der Waals surface area contributed by atoms with Gasteiger partial charge in [-0.05, 0) is 25.1 Å². The Labute approximate surface area is 139 Å². The predicted molar refractivity (Wildman–Crippen MR) is 87.7 cm³/mol. The molecule has 1 aliphatic rings. The largest absolute Gasteiger partial charge is 0.497 e. The summed E-state index contributed by atoms with van der Waals surface area (Å²) in [5, 5.41) is 11.1. The molecule has 8 nitrogen and oxygen atoms in total. The van der Waals surface area contributed by atoms with Crippen LogP contribution in [0.3, 0.4) is 0 Å². The number of aromatic nitrogens is 1. The fraction of sp³-hybridized carbons (Fsp3) is 0.438. The molecule has 1 fully saturated rings. The first kappa shape index (κ1) is 16.3. The van der Waals surface area contributed by atoms with E-state index in [1.165, 1.54) is 0 Å². The number of nitrogens with zero attached hydrogens (tertiary/aromatic N) is 3. The van der Waals surface area contributed by atoms with Crippen LogP contribution in [0.4, 0.5) is 5.69 Å². The second-order valence-corrected chi connectivity index (χ2v) is 5.24. The molecule has 8 heteroatoms. The summed E-state index contributed by atoms with van der Waals surface area (Å²) in [6.45, 7) is 4.63. The van der Waals surface area contributed by atoms with Gasteiger partial charge in [0, 0.05) is 10.9 Å². The summed E-state index contributed by atoms with van der Waals surface area (Å²) >= 11 is 0. The van der Waals surface area contributed by atoms with E-state index < -0.39 is 5.97 Å². The second kappa shape index (κ2) is 7.31. The molecule has 1 saturated heterocycles. The first-order valence-corrected chi connectivity index (χ1v) is 7.84. The van der Waals surface area contributed by atoms with Crippen LogP contribution in [0.2, 0.25) is 0 Å². The van der Waals surface area contributed by atoms with Crippen molar-refractivity contribution in [2.75, 3.05) is 40.0 Å². The van der Waals surface area contributed by atoms with Crippen molar-refractivity contribution in [3.8, 4) is 5.75 Å². The Morgan fingerprint density at radius 1 is 1.38 bits per heavy atom. The molecule has 1 aliphatic heterocycles. The molecule has 3 rings (SSSR count). The molecule has 1 N–H and O–H groups in total. The Bertz CT molecular complexity index is 750. The third kappa shape index (κ3) is 3.33. The van der Waals surface area contributed by atoms with Crippen LogP contribution in [0.5, 0.6) is 5.75 Å². The van der Waals surface area contributed by atoms with Gasteiger partial charge in [-0.3, -0.25) is 5.01 Å². The van der Waals surface area contributed by atoms with Crippen LogP contribution >= 0.6 is 0 Å². The average molecular weight is 332 g/mol. The van der Waals surface area contributed by atoms with Crippen molar-refractivity contribution in [2.24, 2.45) is 10.3 Å². The van der Waals surface area contributed by atoms with Crippen LogP contribution in [0.15, 0.2) is 28.5 Å². The number of benzene rings is 1. The van der Waals surface area contributed by atoms with Crippen LogP contribution in [-0.2, 0) is 9.47 Å². The van der Waals surface area contributed by atoms with E-state index in [-0.39, 0.29) is 12.3 Å². The Morgan fingerprint density at radius 2 is 2.17 bits per heavy atom. The number of nitrogens with one attached hydrogen (secondary N) is 1. The molecule has 0 unspecified atom stereocenters. The number of aromatic amines is 1.